The van der Waals surface area contributed by atoms with E-state index in [1.54, 1.807) is 40.4 Å². The van der Waals surface area contributed by atoms with Crippen molar-refractivity contribution in [3.05, 3.63) is 124 Å². The largest absolute Gasteiger partial charge is 0.487 e. The molecule has 2 aliphatic heterocycles. The zero-order chi connectivity index (χ0) is 48.8. The third kappa shape index (κ3) is 8.54. The molecule has 0 atom stereocenters. The van der Waals surface area contributed by atoms with Gasteiger partial charge in [0.05, 0.1) is 58.4 Å². The summed E-state index contributed by atoms with van der Waals surface area (Å²) < 4.78 is 28.6. The first kappa shape index (κ1) is 46.3. The van der Waals surface area contributed by atoms with Crippen LogP contribution in [0.2, 0.25) is 0 Å². The Labute approximate surface area is 412 Å². The summed E-state index contributed by atoms with van der Waals surface area (Å²) in [5.41, 5.74) is 8.67. The van der Waals surface area contributed by atoms with Gasteiger partial charge in [0.25, 0.3) is 0 Å². The monoisotopic (exact) mass is 966 g/mol. The molecule has 10 rings (SSSR count). The molecule has 2 aromatic carbocycles. The first-order chi connectivity index (χ1) is 34.0. The van der Waals surface area contributed by atoms with Gasteiger partial charge in [-0.3, -0.25) is 9.36 Å². The number of nitrogens with zero attached hydrogens (tertiary/aromatic N) is 14. The van der Waals surface area contributed by atoms with Crippen molar-refractivity contribution in [3.63, 3.8) is 0 Å². The minimum absolute atomic E-state index is 0.0951. The van der Waals surface area contributed by atoms with E-state index in [0.717, 1.165) is 90.4 Å². The molecule has 0 aliphatic carbocycles. The van der Waals surface area contributed by atoms with Gasteiger partial charge in [-0.05, 0) is 129 Å². The van der Waals surface area contributed by atoms with E-state index in [-0.39, 0.29) is 29.3 Å². The second kappa shape index (κ2) is 19.2. The quantitative estimate of drug-likeness (QED) is 0.120. The third-order valence-electron chi connectivity index (χ3n) is 13.7. The second-order valence-corrected chi connectivity index (χ2v) is 20.2. The lowest BCUT2D eigenvalue weighted by Crippen LogP contribution is -2.32. The molecule has 0 unspecified atom stereocenters. The molecule has 0 amide bonds. The maximum absolute atomic E-state index is 14.7. The normalized spacial score (nSPS) is 15.0. The van der Waals surface area contributed by atoms with Crippen molar-refractivity contribution < 1.29 is 9.13 Å². The van der Waals surface area contributed by atoms with Crippen LogP contribution < -0.4 is 4.74 Å². The van der Waals surface area contributed by atoms with Crippen LogP contribution in [0.3, 0.4) is 0 Å². The summed E-state index contributed by atoms with van der Waals surface area (Å²) in [7, 11) is 4.28. The molecule has 8 aromatic rings. The average molecular weight is 967 g/mol. The van der Waals surface area contributed by atoms with Crippen LogP contribution in [-0.4, -0.2) is 88.9 Å². The van der Waals surface area contributed by atoms with Gasteiger partial charge >= 0.3 is 0 Å². The number of rotatable bonds is 11. The Hall–Kier alpha value is -7.45. The predicted octanol–water partition coefficient (Wildman–Crippen LogP) is 9.67. The molecule has 0 saturated carbocycles. The van der Waals surface area contributed by atoms with Gasteiger partial charge in [-0.15, -0.1) is 0 Å². The fraction of sp³-hybridized carbons (Fsp3) is 0.308. The number of hydrogen-bond donors (Lipinski definition) is 0. The minimum Gasteiger partial charge on any atom is -0.487 e. The van der Waals surface area contributed by atoms with Crippen LogP contribution in [-0.2, 0) is 6.61 Å². The van der Waals surface area contributed by atoms with Crippen LogP contribution in [0.25, 0.3) is 33.3 Å². The first-order valence-corrected chi connectivity index (χ1v) is 24.6. The SMILES string of the molecule is Cc1c(F)ccc(Sc2cc(-c3cnn(C4CCN(C)CC4)c3C)cn3nc(COc4ccc(Sc5cc(-c6cnn(C7CCN(C)CC7)c6C)cn6ncc(C#N)c56)c(C#N)c4)c(C#N)c23)c1C#N. The highest BCUT2D eigenvalue weighted by atomic mass is 32.2. The molecule has 0 bridgehead atoms. The van der Waals surface area contributed by atoms with Crippen molar-refractivity contribution in [2.24, 2.45) is 0 Å². The van der Waals surface area contributed by atoms with Crippen LogP contribution in [0.1, 0.15) is 82.7 Å². The lowest BCUT2D eigenvalue weighted by atomic mass is 10.0. The van der Waals surface area contributed by atoms with Crippen molar-refractivity contribution in [1.82, 2.24) is 48.6 Å². The van der Waals surface area contributed by atoms with Crippen molar-refractivity contribution in [2.45, 2.75) is 84.7 Å². The number of fused-ring (bicyclic) bond motifs is 2. The third-order valence-corrected chi connectivity index (χ3v) is 15.9. The maximum atomic E-state index is 14.7. The molecule has 2 aliphatic rings. The van der Waals surface area contributed by atoms with Gasteiger partial charge in [0.1, 0.15) is 53.7 Å². The minimum atomic E-state index is -0.472. The van der Waals surface area contributed by atoms with Gasteiger partial charge in [-0.1, -0.05) is 23.5 Å². The van der Waals surface area contributed by atoms with E-state index >= 15 is 0 Å². The molecular formula is C52H47FN14OS2. The van der Waals surface area contributed by atoms with Crippen LogP contribution in [0, 0.1) is 71.9 Å². The van der Waals surface area contributed by atoms with E-state index in [0.29, 0.717) is 54.3 Å². The van der Waals surface area contributed by atoms with Gasteiger partial charge in [-0.2, -0.15) is 41.4 Å². The summed E-state index contributed by atoms with van der Waals surface area (Å²) in [5, 5.41) is 60.6. The Balaban J connectivity index is 0.965. The molecule has 0 N–H and O–H groups in total. The molecule has 70 heavy (non-hydrogen) atoms. The van der Waals surface area contributed by atoms with E-state index in [2.05, 4.69) is 76.5 Å². The highest BCUT2D eigenvalue weighted by Gasteiger charge is 2.26. The van der Waals surface area contributed by atoms with Crippen molar-refractivity contribution in [1.29, 1.82) is 21.0 Å². The molecule has 2 saturated heterocycles. The number of piperidine rings is 2. The zero-order valence-electron chi connectivity index (χ0n) is 39.3. The molecule has 8 heterocycles. The Morgan fingerprint density at radius 3 is 1.77 bits per heavy atom. The standard InChI is InChI=1S/C52H47FN14OS2/c1-31-41(23-56)48(9-7-45(31)53)70-50-20-36(44-27-60-67(33(44)3)39-12-16-63(5)17-13-39)29-65-52(50)42(24-57)46(61-65)30-68-40-6-8-47(34(18-40)21-54)69-49-19-35(28-64-51(49)37(22-55)25-58-64)43-26-59-66(32(43)2)38-10-14-62(4)15-11-38/h6-9,18-20,25-29,38-39H,10-17,30H2,1-5H3. The van der Waals surface area contributed by atoms with Gasteiger partial charge < -0.3 is 14.5 Å². The molecule has 6 aromatic heterocycles. The topological polar surface area (TPSA) is 181 Å². The van der Waals surface area contributed by atoms with Gasteiger partial charge in [0, 0.05) is 71.2 Å². The lowest BCUT2D eigenvalue weighted by Gasteiger charge is -2.29. The maximum Gasteiger partial charge on any atom is 0.133 e. The highest BCUT2D eigenvalue weighted by Crippen LogP contribution is 2.42. The summed E-state index contributed by atoms with van der Waals surface area (Å²) in [6.07, 6.45) is 13.1. The molecule has 0 spiro atoms. The van der Waals surface area contributed by atoms with Crippen molar-refractivity contribution in [3.8, 4) is 52.3 Å². The molecule has 0 radical (unpaired) electrons. The van der Waals surface area contributed by atoms with E-state index in [4.69, 9.17) is 20.0 Å². The number of benzene rings is 2. The Kier molecular flexibility index (Phi) is 12.7. The highest BCUT2D eigenvalue weighted by molar-refractivity contribution is 8.00. The fourth-order valence-corrected chi connectivity index (χ4v) is 11.9. The van der Waals surface area contributed by atoms with Gasteiger partial charge in [-0.25, -0.2) is 13.4 Å². The fourth-order valence-electron chi connectivity index (χ4n) is 9.70. The van der Waals surface area contributed by atoms with E-state index < -0.39 is 5.82 Å². The van der Waals surface area contributed by atoms with Gasteiger partial charge in [0.15, 0.2) is 0 Å². The molecule has 18 heteroatoms. The zero-order valence-corrected chi connectivity index (χ0v) is 40.9. The molecule has 350 valence electrons. The molecular weight excluding hydrogens is 920 g/mol. The van der Waals surface area contributed by atoms with Crippen molar-refractivity contribution >= 4 is 34.6 Å². The number of ether oxygens (including phenoxy) is 1. The smallest absolute Gasteiger partial charge is 0.133 e. The number of likely N-dealkylation sites (tertiary alicyclic amines) is 2. The molecule has 15 nitrogen and oxygen atoms in total. The lowest BCUT2D eigenvalue weighted by molar-refractivity contribution is 0.210. The summed E-state index contributed by atoms with van der Waals surface area (Å²) >= 11 is 2.64. The number of pyridine rings is 2. The van der Waals surface area contributed by atoms with Crippen molar-refractivity contribution in [2.75, 3.05) is 40.3 Å². The Morgan fingerprint density at radius 1 is 0.629 bits per heavy atom. The van der Waals surface area contributed by atoms with Crippen LogP contribution in [0.4, 0.5) is 4.39 Å². The summed E-state index contributed by atoms with van der Waals surface area (Å²) in [6.45, 7) is 9.64. The predicted molar refractivity (Wildman–Crippen MR) is 263 cm³/mol. The van der Waals surface area contributed by atoms with Gasteiger partial charge in [0.2, 0.25) is 0 Å². The van der Waals surface area contributed by atoms with E-state index in [9.17, 15) is 25.4 Å². The second-order valence-electron chi connectivity index (χ2n) is 18.0. The van der Waals surface area contributed by atoms with E-state index in [1.807, 2.05) is 43.0 Å². The van der Waals surface area contributed by atoms with Crippen LogP contribution >= 0.6 is 23.5 Å². The number of halogens is 1. The molecule has 2 fully saturated rings. The van der Waals surface area contributed by atoms with Crippen LogP contribution in [0.5, 0.6) is 5.75 Å². The Morgan fingerprint density at radius 2 is 1.19 bits per heavy atom. The van der Waals surface area contributed by atoms with Crippen LogP contribution in [0.15, 0.2) is 93.0 Å². The number of aromatic nitrogens is 8. The summed E-state index contributed by atoms with van der Waals surface area (Å²) in [5.74, 6) is -0.0766. The number of hydrogen-bond acceptors (Lipinski definition) is 13. The average Bonchev–Trinajstić information content (AvgIpc) is 4.16. The number of nitriles is 4. The summed E-state index contributed by atoms with van der Waals surface area (Å²) in [4.78, 5) is 7.26. The first-order valence-electron chi connectivity index (χ1n) is 23.0. The van der Waals surface area contributed by atoms with E-state index in [1.165, 1.54) is 29.6 Å². The summed E-state index contributed by atoms with van der Waals surface area (Å²) in [6, 6.07) is 21.9. The Bertz CT molecular complexity index is 3530.